The maximum Gasteiger partial charge on any atom is 0.238 e. The van der Waals surface area contributed by atoms with Crippen molar-refractivity contribution in [3.63, 3.8) is 0 Å². The van der Waals surface area contributed by atoms with Gasteiger partial charge < -0.3 is 19.7 Å². The van der Waals surface area contributed by atoms with Crippen molar-refractivity contribution in [3.05, 3.63) is 17.2 Å². The van der Waals surface area contributed by atoms with Crippen LogP contribution in [0, 0.1) is 5.92 Å². The molecule has 0 radical (unpaired) electrons. The third kappa shape index (κ3) is 4.95. The molecular weight excluding hydrogens is 394 g/mol. The zero-order valence-electron chi connectivity index (χ0n) is 16.6. The molecule has 1 aliphatic carbocycles. The van der Waals surface area contributed by atoms with E-state index in [4.69, 9.17) is 21.1 Å². The van der Waals surface area contributed by atoms with Crippen molar-refractivity contribution in [3.8, 4) is 11.5 Å². The van der Waals surface area contributed by atoms with E-state index >= 15 is 0 Å². The topological polar surface area (TPSA) is 71.1 Å². The Kier molecular flexibility index (Phi) is 6.45. The Labute approximate surface area is 176 Å². The maximum atomic E-state index is 12.7. The fourth-order valence-corrected chi connectivity index (χ4v) is 4.49. The number of hydrogen-bond acceptors (Lipinski definition) is 5. The van der Waals surface area contributed by atoms with Gasteiger partial charge in [0.2, 0.25) is 11.8 Å². The Balaban J connectivity index is 1.26. The summed E-state index contributed by atoms with van der Waals surface area (Å²) >= 11 is 6.27. The van der Waals surface area contributed by atoms with E-state index in [0.29, 0.717) is 67.5 Å². The Morgan fingerprint density at radius 3 is 2.34 bits per heavy atom. The molecule has 0 aromatic heterocycles. The van der Waals surface area contributed by atoms with Crippen LogP contribution in [-0.4, -0.2) is 67.6 Å². The molecule has 7 nitrogen and oxygen atoms in total. The highest BCUT2D eigenvalue weighted by atomic mass is 35.5. The molecule has 2 aliphatic heterocycles. The first-order valence-corrected chi connectivity index (χ1v) is 10.9. The third-order valence-electron chi connectivity index (χ3n) is 5.91. The molecule has 4 rings (SSSR count). The molecule has 0 unspecified atom stereocenters. The van der Waals surface area contributed by atoms with E-state index in [2.05, 4.69) is 10.2 Å². The first-order chi connectivity index (χ1) is 14.1. The predicted octanol–water partition coefficient (Wildman–Crippen LogP) is 2.77. The van der Waals surface area contributed by atoms with Crippen molar-refractivity contribution in [2.75, 3.05) is 51.3 Å². The number of halogens is 1. The molecule has 0 spiro atoms. The number of ether oxygens (including phenoxy) is 2. The number of hydrogen-bond donors (Lipinski definition) is 1. The number of rotatable bonds is 4. The van der Waals surface area contributed by atoms with Crippen LogP contribution >= 0.6 is 11.6 Å². The second kappa shape index (κ2) is 9.22. The van der Waals surface area contributed by atoms with Crippen LogP contribution in [-0.2, 0) is 9.59 Å². The molecule has 2 fully saturated rings. The first kappa shape index (κ1) is 20.3. The second-order valence-electron chi connectivity index (χ2n) is 7.96. The van der Waals surface area contributed by atoms with Gasteiger partial charge in [-0.15, -0.1) is 0 Å². The van der Waals surface area contributed by atoms with Crippen LogP contribution in [0.3, 0.4) is 0 Å². The van der Waals surface area contributed by atoms with E-state index in [9.17, 15) is 9.59 Å². The summed E-state index contributed by atoms with van der Waals surface area (Å²) in [5.74, 6) is 1.56. The fourth-order valence-electron chi connectivity index (χ4n) is 4.29. The average Bonchev–Trinajstić information content (AvgIpc) is 2.75. The van der Waals surface area contributed by atoms with Crippen LogP contribution in [0.15, 0.2) is 12.1 Å². The molecule has 0 bridgehead atoms. The lowest BCUT2D eigenvalue weighted by atomic mass is 9.88. The minimum atomic E-state index is -0.129. The van der Waals surface area contributed by atoms with Crippen molar-refractivity contribution < 1.29 is 19.1 Å². The lowest BCUT2D eigenvalue weighted by Crippen LogP contribution is -2.52. The highest BCUT2D eigenvalue weighted by Gasteiger charge is 2.29. The highest BCUT2D eigenvalue weighted by Crippen LogP contribution is 2.38. The molecule has 2 amide bonds. The molecular formula is C21H28ClN3O4. The van der Waals surface area contributed by atoms with Gasteiger partial charge in [-0.25, -0.2) is 0 Å². The van der Waals surface area contributed by atoms with Crippen molar-refractivity contribution >= 4 is 29.1 Å². The lowest BCUT2D eigenvalue weighted by molar-refractivity contribution is -0.138. The van der Waals surface area contributed by atoms with Crippen LogP contribution in [0.4, 0.5) is 5.69 Å². The number of benzene rings is 1. The molecule has 1 saturated carbocycles. The summed E-state index contributed by atoms with van der Waals surface area (Å²) in [6, 6.07) is 3.37. The van der Waals surface area contributed by atoms with Crippen LogP contribution in [0.1, 0.15) is 32.1 Å². The van der Waals surface area contributed by atoms with Crippen molar-refractivity contribution in [1.29, 1.82) is 0 Å². The summed E-state index contributed by atoms with van der Waals surface area (Å²) in [4.78, 5) is 29.2. The minimum absolute atomic E-state index is 0.129. The predicted molar refractivity (Wildman–Crippen MR) is 111 cm³/mol. The smallest absolute Gasteiger partial charge is 0.238 e. The van der Waals surface area contributed by atoms with Gasteiger partial charge in [0.1, 0.15) is 13.2 Å². The number of carbonyl (C=O) groups is 2. The number of amides is 2. The van der Waals surface area contributed by atoms with Crippen molar-refractivity contribution in [2.24, 2.45) is 5.92 Å². The SMILES string of the molecule is O=C(CN1CCN(C(=O)C2CCCCC2)CC1)Nc1cc2c(cc1Cl)OCCO2. The van der Waals surface area contributed by atoms with Gasteiger partial charge in [-0.2, -0.15) is 0 Å². The monoisotopic (exact) mass is 421 g/mol. The third-order valence-corrected chi connectivity index (χ3v) is 6.22. The van der Waals surface area contributed by atoms with Gasteiger partial charge in [-0.3, -0.25) is 14.5 Å². The quantitative estimate of drug-likeness (QED) is 0.809. The normalized spacial score (nSPS) is 20.4. The van der Waals surface area contributed by atoms with Gasteiger partial charge in [0.25, 0.3) is 0 Å². The molecule has 29 heavy (non-hydrogen) atoms. The van der Waals surface area contributed by atoms with Crippen LogP contribution in [0.25, 0.3) is 0 Å². The molecule has 1 saturated heterocycles. The zero-order valence-corrected chi connectivity index (χ0v) is 17.4. The van der Waals surface area contributed by atoms with Gasteiger partial charge in [0.15, 0.2) is 11.5 Å². The molecule has 158 valence electrons. The molecule has 1 aromatic rings. The number of nitrogens with one attached hydrogen (secondary N) is 1. The van der Waals surface area contributed by atoms with E-state index < -0.39 is 0 Å². The van der Waals surface area contributed by atoms with Crippen LogP contribution < -0.4 is 14.8 Å². The molecule has 2 heterocycles. The Hall–Kier alpha value is -1.99. The number of fused-ring (bicyclic) bond motifs is 1. The largest absolute Gasteiger partial charge is 0.486 e. The molecule has 1 aromatic carbocycles. The Morgan fingerprint density at radius 2 is 1.66 bits per heavy atom. The molecule has 3 aliphatic rings. The van der Waals surface area contributed by atoms with Gasteiger partial charge in [-0.05, 0) is 12.8 Å². The van der Waals surface area contributed by atoms with Gasteiger partial charge in [-0.1, -0.05) is 30.9 Å². The Bertz CT molecular complexity index is 759. The van der Waals surface area contributed by atoms with E-state index in [0.717, 1.165) is 12.8 Å². The summed E-state index contributed by atoms with van der Waals surface area (Å²) in [5.41, 5.74) is 0.520. The second-order valence-corrected chi connectivity index (χ2v) is 8.37. The summed E-state index contributed by atoms with van der Waals surface area (Å²) < 4.78 is 11.0. The maximum absolute atomic E-state index is 12.7. The Morgan fingerprint density at radius 1 is 1.00 bits per heavy atom. The summed E-state index contributed by atoms with van der Waals surface area (Å²) in [7, 11) is 0. The van der Waals surface area contributed by atoms with E-state index in [-0.39, 0.29) is 18.4 Å². The van der Waals surface area contributed by atoms with Crippen molar-refractivity contribution in [2.45, 2.75) is 32.1 Å². The standard InChI is InChI=1S/C21H28ClN3O4/c22-16-12-18-19(29-11-10-28-18)13-17(16)23-20(26)14-24-6-8-25(9-7-24)21(27)15-4-2-1-3-5-15/h12-13,15H,1-11,14H2,(H,23,26). The average molecular weight is 422 g/mol. The van der Waals surface area contributed by atoms with Gasteiger partial charge >= 0.3 is 0 Å². The molecule has 8 heteroatoms. The van der Waals surface area contributed by atoms with Gasteiger partial charge in [0, 0.05) is 44.2 Å². The number of anilines is 1. The number of piperazine rings is 1. The van der Waals surface area contributed by atoms with Crippen LogP contribution in [0.5, 0.6) is 11.5 Å². The van der Waals surface area contributed by atoms with E-state index in [1.165, 1.54) is 19.3 Å². The fraction of sp³-hybridized carbons (Fsp3) is 0.619. The lowest BCUT2D eigenvalue weighted by Gasteiger charge is -2.36. The zero-order chi connectivity index (χ0) is 20.2. The molecule has 0 atom stereocenters. The van der Waals surface area contributed by atoms with Gasteiger partial charge in [0.05, 0.1) is 17.3 Å². The van der Waals surface area contributed by atoms with E-state index in [1.807, 2.05) is 4.90 Å². The van der Waals surface area contributed by atoms with Crippen molar-refractivity contribution in [1.82, 2.24) is 9.80 Å². The minimum Gasteiger partial charge on any atom is -0.486 e. The molecule has 1 N–H and O–H groups in total. The van der Waals surface area contributed by atoms with E-state index in [1.54, 1.807) is 12.1 Å². The summed E-state index contributed by atoms with van der Waals surface area (Å²) in [5, 5.41) is 3.29. The summed E-state index contributed by atoms with van der Waals surface area (Å²) in [6.45, 7) is 4.04. The number of nitrogens with zero attached hydrogens (tertiary/aromatic N) is 2. The summed E-state index contributed by atoms with van der Waals surface area (Å²) in [6.07, 6.45) is 5.63. The number of carbonyl (C=O) groups excluding carboxylic acids is 2. The van der Waals surface area contributed by atoms with Crippen LogP contribution in [0.2, 0.25) is 5.02 Å². The highest BCUT2D eigenvalue weighted by molar-refractivity contribution is 6.34. The first-order valence-electron chi connectivity index (χ1n) is 10.5.